The van der Waals surface area contributed by atoms with Crippen LogP contribution < -0.4 is 10.1 Å². The molecule has 2 aromatic rings. The lowest BCUT2D eigenvalue weighted by Gasteiger charge is -2.05. The molecule has 2 aromatic heterocycles. The van der Waals surface area contributed by atoms with Crippen molar-refractivity contribution in [3.63, 3.8) is 0 Å². The quantitative estimate of drug-likeness (QED) is 0.876. The van der Waals surface area contributed by atoms with E-state index in [1.54, 1.807) is 31.6 Å². The smallest absolute Gasteiger partial charge is 0.224 e. The summed E-state index contributed by atoms with van der Waals surface area (Å²) < 4.78 is 4.96. The maximum atomic E-state index is 11.8. The van der Waals surface area contributed by atoms with Crippen LogP contribution in [-0.2, 0) is 11.2 Å². The summed E-state index contributed by atoms with van der Waals surface area (Å²) in [5, 5.41) is 2.81. The summed E-state index contributed by atoms with van der Waals surface area (Å²) in [4.78, 5) is 19.9. The van der Waals surface area contributed by atoms with Gasteiger partial charge in [0.15, 0.2) is 0 Å². The molecular formula is C15H17N3O2. The Bertz CT molecular complexity index is 541. The molecule has 0 aliphatic heterocycles. The van der Waals surface area contributed by atoms with Crippen molar-refractivity contribution in [2.24, 2.45) is 0 Å². The first-order valence-corrected chi connectivity index (χ1v) is 6.47. The number of aryl methyl sites for hydroxylation is 1. The van der Waals surface area contributed by atoms with E-state index >= 15 is 0 Å². The highest BCUT2D eigenvalue weighted by Gasteiger charge is 2.03. The van der Waals surface area contributed by atoms with Gasteiger partial charge in [-0.1, -0.05) is 6.07 Å². The number of amides is 1. The van der Waals surface area contributed by atoms with Crippen LogP contribution in [0.15, 0.2) is 42.9 Å². The maximum Gasteiger partial charge on any atom is 0.224 e. The topological polar surface area (TPSA) is 64.1 Å². The number of hydrogen-bond donors (Lipinski definition) is 1. The third kappa shape index (κ3) is 4.35. The second-order valence-electron chi connectivity index (χ2n) is 4.35. The highest BCUT2D eigenvalue weighted by Crippen LogP contribution is 2.11. The van der Waals surface area contributed by atoms with Gasteiger partial charge >= 0.3 is 0 Å². The molecule has 0 atom stereocenters. The molecule has 0 fully saturated rings. The molecule has 2 rings (SSSR count). The lowest BCUT2D eigenvalue weighted by molar-refractivity contribution is -0.116. The van der Waals surface area contributed by atoms with Crippen LogP contribution >= 0.6 is 0 Å². The number of aromatic nitrogens is 2. The highest BCUT2D eigenvalue weighted by atomic mass is 16.5. The van der Waals surface area contributed by atoms with E-state index in [0.717, 1.165) is 18.4 Å². The molecule has 5 nitrogen and oxygen atoms in total. The summed E-state index contributed by atoms with van der Waals surface area (Å²) in [6.45, 7) is 0. The molecule has 20 heavy (non-hydrogen) atoms. The van der Waals surface area contributed by atoms with Crippen molar-refractivity contribution in [2.75, 3.05) is 12.4 Å². The molecule has 1 amide bonds. The van der Waals surface area contributed by atoms with Crippen LogP contribution in [0.1, 0.15) is 18.4 Å². The lowest BCUT2D eigenvalue weighted by Crippen LogP contribution is -2.11. The Morgan fingerprint density at radius 2 is 2.20 bits per heavy atom. The molecule has 0 aliphatic carbocycles. The Morgan fingerprint density at radius 1 is 1.30 bits per heavy atom. The van der Waals surface area contributed by atoms with Gasteiger partial charge in [-0.05, 0) is 30.5 Å². The average molecular weight is 271 g/mol. The largest absolute Gasteiger partial charge is 0.481 e. The third-order valence-electron chi connectivity index (χ3n) is 2.82. The van der Waals surface area contributed by atoms with Crippen molar-refractivity contribution in [3.05, 3.63) is 48.4 Å². The summed E-state index contributed by atoms with van der Waals surface area (Å²) in [7, 11) is 1.55. The van der Waals surface area contributed by atoms with Crippen molar-refractivity contribution >= 4 is 11.6 Å². The van der Waals surface area contributed by atoms with E-state index < -0.39 is 0 Å². The number of ether oxygens (including phenoxy) is 1. The molecule has 0 saturated heterocycles. The molecule has 104 valence electrons. The second-order valence-corrected chi connectivity index (χ2v) is 4.35. The molecule has 0 aliphatic rings. The number of nitrogens with one attached hydrogen (secondary N) is 1. The fraction of sp³-hybridized carbons (Fsp3) is 0.267. The van der Waals surface area contributed by atoms with Crippen LogP contribution in [0.4, 0.5) is 5.69 Å². The van der Waals surface area contributed by atoms with Gasteiger partial charge in [0.05, 0.1) is 19.0 Å². The Kier molecular flexibility index (Phi) is 5.06. The number of carbonyl (C=O) groups excluding carboxylic acids is 1. The van der Waals surface area contributed by atoms with E-state index in [9.17, 15) is 4.79 Å². The zero-order chi connectivity index (χ0) is 14.2. The van der Waals surface area contributed by atoms with Crippen LogP contribution in [0.3, 0.4) is 0 Å². The van der Waals surface area contributed by atoms with Crippen molar-refractivity contribution in [2.45, 2.75) is 19.3 Å². The second kappa shape index (κ2) is 7.23. The number of rotatable bonds is 6. The normalized spacial score (nSPS) is 10.1. The van der Waals surface area contributed by atoms with Gasteiger partial charge in [-0.25, -0.2) is 4.98 Å². The SMILES string of the molecule is COc1ccc(NC(=O)CCCc2cccnc2)cn1. The van der Waals surface area contributed by atoms with Gasteiger partial charge in [-0.15, -0.1) is 0 Å². The first-order chi connectivity index (χ1) is 9.78. The van der Waals surface area contributed by atoms with Gasteiger partial charge in [-0.3, -0.25) is 9.78 Å². The van der Waals surface area contributed by atoms with Gasteiger partial charge in [-0.2, -0.15) is 0 Å². The van der Waals surface area contributed by atoms with E-state index in [1.807, 2.05) is 18.3 Å². The minimum atomic E-state index is -0.0131. The molecule has 5 heteroatoms. The van der Waals surface area contributed by atoms with Crippen molar-refractivity contribution in [1.29, 1.82) is 0 Å². The molecule has 0 bridgehead atoms. The average Bonchev–Trinajstić information content (AvgIpc) is 2.49. The molecule has 2 heterocycles. The van der Waals surface area contributed by atoms with Gasteiger partial charge in [0.25, 0.3) is 0 Å². The molecule has 1 N–H and O–H groups in total. The molecule has 0 aromatic carbocycles. The van der Waals surface area contributed by atoms with Crippen molar-refractivity contribution < 1.29 is 9.53 Å². The Morgan fingerprint density at radius 3 is 2.85 bits per heavy atom. The van der Waals surface area contributed by atoms with Crippen LogP contribution in [0.5, 0.6) is 5.88 Å². The molecule has 0 spiro atoms. The fourth-order valence-electron chi connectivity index (χ4n) is 1.80. The molecule has 0 unspecified atom stereocenters. The Labute approximate surface area is 118 Å². The molecule has 0 saturated carbocycles. The van der Waals surface area contributed by atoms with E-state index in [4.69, 9.17) is 4.74 Å². The number of carbonyl (C=O) groups is 1. The Balaban J connectivity index is 1.74. The van der Waals surface area contributed by atoms with E-state index in [-0.39, 0.29) is 5.91 Å². The first-order valence-electron chi connectivity index (χ1n) is 6.47. The van der Waals surface area contributed by atoms with Gasteiger partial charge in [0.2, 0.25) is 11.8 Å². The summed E-state index contributed by atoms with van der Waals surface area (Å²) in [6.07, 6.45) is 7.26. The van der Waals surface area contributed by atoms with Gasteiger partial charge in [0.1, 0.15) is 0 Å². The van der Waals surface area contributed by atoms with Crippen LogP contribution in [0.2, 0.25) is 0 Å². The monoisotopic (exact) mass is 271 g/mol. The zero-order valence-corrected chi connectivity index (χ0v) is 11.4. The number of pyridine rings is 2. The summed E-state index contributed by atoms with van der Waals surface area (Å²) in [6, 6.07) is 7.40. The van der Waals surface area contributed by atoms with Gasteiger partial charge in [0, 0.05) is 24.9 Å². The van der Waals surface area contributed by atoms with E-state index in [1.165, 1.54) is 0 Å². The minimum absolute atomic E-state index is 0.0131. The van der Waals surface area contributed by atoms with Crippen molar-refractivity contribution in [1.82, 2.24) is 9.97 Å². The van der Waals surface area contributed by atoms with E-state index in [2.05, 4.69) is 15.3 Å². The molecular weight excluding hydrogens is 254 g/mol. The summed E-state index contributed by atoms with van der Waals surface area (Å²) in [5.41, 5.74) is 1.82. The van der Waals surface area contributed by atoms with Gasteiger partial charge < -0.3 is 10.1 Å². The summed E-state index contributed by atoms with van der Waals surface area (Å²) in [5.74, 6) is 0.514. The minimum Gasteiger partial charge on any atom is -0.481 e. The summed E-state index contributed by atoms with van der Waals surface area (Å²) >= 11 is 0. The van der Waals surface area contributed by atoms with Crippen LogP contribution in [0.25, 0.3) is 0 Å². The number of nitrogens with zero attached hydrogens (tertiary/aromatic N) is 2. The Hall–Kier alpha value is -2.43. The fourth-order valence-corrected chi connectivity index (χ4v) is 1.80. The standard InChI is InChI=1S/C15H17N3O2/c1-20-15-8-7-13(11-17-15)18-14(19)6-2-4-12-5-3-9-16-10-12/h3,5,7-11H,2,4,6H2,1H3,(H,18,19). The zero-order valence-electron chi connectivity index (χ0n) is 11.4. The first kappa shape index (κ1) is 14.0. The molecule has 0 radical (unpaired) electrons. The number of anilines is 1. The predicted octanol–water partition coefficient (Wildman–Crippen LogP) is 2.45. The van der Waals surface area contributed by atoms with Crippen LogP contribution in [0, 0.1) is 0 Å². The highest BCUT2D eigenvalue weighted by molar-refractivity contribution is 5.90. The number of hydrogen-bond acceptors (Lipinski definition) is 4. The van der Waals surface area contributed by atoms with Crippen molar-refractivity contribution in [3.8, 4) is 5.88 Å². The lowest BCUT2D eigenvalue weighted by atomic mass is 10.1. The maximum absolute atomic E-state index is 11.8. The van der Waals surface area contributed by atoms with E-state index in [0.29, 0.717) is 18.0 Å². The van der Waals surface area contributed by atoms with Crippen LogP contribution in [-0.4, -0.2) is 23.0 Å². The predicted molar refractivity (Wildman–Crippen MR) is 76.6 cm³/mol. The number of methoxy groups -OCH3 is 1. The third-order valence-corrected chi connectivity index (χ3v) is 2.82.